The molecule has 1 heterocycles. The molecule has 0 unspecified atom stereocenters. The first kappa shape index (κ1) is 11.9. The molecule has 0 aliphatic carbocycles. The van der Waals surface area contributed by atoms with E-state index in [9.17, 15) is 18.4 Å². The van der Waals surface area contributed by atoms with Gasteiger partial charge in [-0.15, -0.1) is 0 Å². The molecule has 90 valence electrons. The molecule has 2 rings (SSSR count). The number of Topliss-reactive ketones (excluding diaryl/α,β-unsaturated/α-hetero) is 1. The van der Waals surface area contributed by atoms with Crippen molar-refractivity contribution in [2.45, 2.75) is 6.43 Å². The number of alkyl halides is 2. The maximum absolute atomic E-state index is 12.3. The fourth-order valence-corrected chi connectivity index (χ4v) is 1.65. The number of ketones is 1. The SMILES string of the molecule is N#Cc1cccc2c(=O)c(C(=O)C(F)F)c[nH]c12. The summed E-state index contributed by atoms with van der Waals surface area (Å²) in [6.45, 7) is 0. The number of benzene rings is 1. The molecule has 0 aliphatic heterocycles. The number of nitrogens with zero attached hydrogens (tertiary/aromatic N) is 1. The van der Waals surface area contributed by atoms with E-state index in [0.717, 1.165) is 6.20 Å². The van der Waals surface area contributed by atoms with E-state index in [-0.39, 0.29) is 16.5 Å². The average Bonchev–Trinajstić information content (AvgIpc) is 2.38. The third-order valence-corrected chi connectivity index (χ3v) is 2.50. The Morgan fingerprint density at radius 2 is 2.11 bits per heavy atom. The maximum Gasteiger partial charge on any atom is 0.300 e. The summed E-state index contributed by atoms with van der Waals surface area (Å²) in [6, 6.07) is 6.17. The number of nitriles is 1. The molecule has 0 saturated heterocycles. The largest absolute Gasteiger partial charge is 0.359 e. The Labute approximate surface area is 99.5 Å². The van der Waals surface area contributed by atoms with Gasteiger partial charge in [-0.2, -0.15) is 5.26 Å². The van der Waals surface area contributed by atoms with Crippen LogP contribution < -0.4 is 5.43 Å². The van der Waals surface area contributed by atoms with Gasteiger partial charge in [0.2, 0.25) is 5.78 Å². The molecule has 0 aliphatic rings. The summed E-state index contributed by atoms with van der Waals surface area (Å²) in [5.74, 6) is -1.53. The van der Waals surface area contributed by atoms with E-state index in [4.69, 9.17) is 5.26 Å². The number of aromatic nitrogens is 1. The highest BCUT2D eigenvalue weighted by atomic mass is 19.3. The topological polar surface area (TPSA) is 73.7 Å². The molecule has 0 amide bonds. The van der Waals surface area contributed by atoms with Crippen LogP contribution in [0.5, 0.6) is 0 Å². The van der Waals surface area contributed by atoms with Crippen LogP contribution in [0, 0.1) is 11.3 Å². The fourth-order valence-electron chi connectivity index (χ4n) is 1.65. The van der Waals surface area contributed by atoms with Crippen LogP contribution in [-0.4, -0.2) is 17.2 Å². The first-order chi connectivity index (χ1) is 8.56. The average molecular weight is 248 g/mol. The number of fused-ring (bicyclic) bond motifs is 1. The molecular formula is C12H6F2N2O2. The Morgan fingerprint density at radius 1 is 1.39 bits per heavy atom. The number of nitrogens with one attached hydrogen (secondary N) is 1. The van der Waals surface area contributed by atoms with Crippen molar-refractivity contribution in [1.82, 2.24) is 4.98 Å². The third kappa shape index (κ3) is 1.76. The zero-order valence-corrected chi connectivity index (χ0v) is 8.91. The minimum absolute atomic E-state index is 0.0422. The molecule has 0 saturated carbocycles. The van der Waals surface area contributed by atoms with Gasteiger partial charge in [-0.1, -0.05) is 6.07 Å². The minimum Gasteiger partial charge on any atom is -0.359 e. The molecule has 4 nitrogen and oxygen atoms in total. The summed E-state index contributed by atoms with van der Waals surface area (Å²) >= 11 is 0. The van der Waals surface area contributed by atoms with Gasteiger partial charge in [0.1, 0.15) is 6.07 Å². The maximum atomic E-state index is 12.3. The van der Waals surface area contributed by atoms with Crippen LogP contribution in [-0.2, 0) is 0 Å². The standard InChI is InChI=1S/C12H6F2N2O2/c13-12(14)11(18)8-5-16-9-6(4-15)2-1-3-7(9)10(8)17/h1-3,5,12H,(H,16,17). The molecule has 18 heavy (non-hydrogen) atoms. The van der Waals surface area contributed by atoms with Crippen molar-refractivity contribution in [2.75, 3.05) is 0 Å². The van der Waals surface area contributed by atoms with Crippen LogP contribution in [0.4, 0.5) is 8.78 Å². The molecular weight excluding hydrogens is 242 g/mol. The number of halogens is 2. The van der Waals surface area contributed by atoms with Crippen LogP contribution in [0.3, 0.4) is 0 Å². The van der Waals surface area contributed by atoms with Gasteiger partial charge < -0.3 is 4.98 Å². The number of para-hydroxylation sites is 1. The summed E-state index contributed by atoms with van der Waals surface area (Å²) in [6.07, 6.45) is -2.32. The Bertz CT molecular complexity index is 729. The van der Waals surface area contributed by atoms with Crippen LogP contribution >= 0.6 is 0 Å². The van der Waals surface area contributed by atoms with Crippen LogP contribution in [0.25, 0.3) is 10.9 Å². The Kier molecular flexibility index (Phi) is 2.90. The van der Waals surface area contributed by atoms with E-state index in [1.807, 2.05) is 6.07 Å². The first-order valence-electron chi connectivity index (χ1n) is 4.93. The second-order valence-electron chi connectivity index (χ2n) is 3.54. The molecule has 0 radical (unpaired) electrons. The van der Waals surface area contributed by atoms with Crippen LogP contribution in [0.2, 0.25) is 0 Å². The molecule has 0 bridgehead atoms. The molecule has 0 atom stereocenters. The highest BCUT2D eigenvalue weighted by molar-refractivity contribution is 6.01. The molecule has 1 N–H and O–H groups in total. The van der Waals surface area contributed by atoms with Gasteiger partial charge in [-0.3, -0.25) is 9.59 Å². The lowest BCUT2D eigenvalue weighted by molar-refractivity contribution is 0.0677. The van der Waals surface area contributed by atoms with E-state index in [1.54, 1.807) is 0 Å². The van der Waals surface area contributed by atoms with Crippen molar-refractivity contribution in [1.29, 1.82) is 5.26 Å². The van der Waals surface area contributed by atoms with Crippen LogP contribution in [0.15, 0.2) is 29.2 Å². The van der Waals surface area contributed by atoms with Crippen molar-refractivity contribution in [3.8, 4) is 6.07 Å². The second-order valence-corrected chi connectivity index (χ2v) is 3.54. The van der Waals surface area contributed by atoms with Crippen molar-refractivity contribution in [3.63, 3.8) is 0 Å². The van der Waals surface area contributed by atoms with E-state index < -0.39 is 23.2 Å². The summed E-state index contributed by atoms with van der Waals surface area (Å²) in [7, 11) is 0. The van der Waals surface area contributed by atoms with Gasteiger partial charge in [-0.25, -0.2) is 8.78 Å². The monoisotopic (exact) mass is 248 g/mol. The lowest BCUT2D eigenvalue weighted by atomic mass is 10.1. The van der Waals surface area contributed by atoms with Gasteiger partial charge in [-0.05, 0) is 12.1 Å². The van der Waals surface area contributed by atoms with E-state index in [2.05, 4.69) is 4.98 Å². The number of aromatic amines is 1. The fraction of sp³-hybridized carbons (Fsp3) is 0.0833. The smallest absolute Gasteiger partial charge is 0.300 e. The predicted molar refractivity (Wildman–Crippen MR) is 59.6 cm³/mol. The van der Waals surface area contributed by atoms with Gasteiger partial charge >= 0.3 is 6.43 Å². The summed E-state index contributed by atoms with van der Waals surface area (Å²) in [4.78, 5) is 25.5. The molecule has 0 spiro atoms. The molecule has 0 fully saturated rings. The Hall–Kier alpha value is -2.55. The van der Waals surface area contributed by atoms with E-state index in [1.165, 1.54) is 18.2 Å². The molecule has 2 aromatic rings. The Balaban J connectivity index is 2.79. The van der Waals surface area contributed by atoms with Gasteiger partial charge in [0.05, 0.1) is 16.6 Å². The van der Waals surface area contributed by atoms with E-state index >= 15 is 0 Å². The third-order valence-electron chi connectivity index (χ3n) is 2.50. The van der Waals surface area contributed by atoms with Crippen LogP contribution in [0.1, 0.15) is 15.9 Å². The van der Waals surface area contributed by atoms with E-state index in [0.29, 0.717) is 0 Å². The number of carbonyl (C=O) groups is 1. The zero-order valence-electron chi connectivity index (χ0n) is 8.91. The number of H-pyrrole nitrogens is 1. The quantitative estimate of drug-likeness (QED) is 0.824. The highest BCUT2D eigenvalue weighted by Gasteiger charge is 2.22. The number of hydrogen-bond acceptors (Lipinski definition) is 3. The second kappa shape index (κ2) is 4.37. The summed E-state index contributed by atoms with van der Waals surface area (Å²) in [5.41, 5.74) is -0.963. The Morgan fingerprint density at radius 3 is 2.72 bits per heavy atom. The number of pyridine rings is 1. The lowest BCUT2D eigenvalue weighted by Crippen LogP contribution is -2.21. The van der Waals surface area contributed by atoms with Gasteiger partial charge in [0.15, 0.2) is 5.43 Å². The number of hydrogen-bond donors (Lipinski definition) is 1. The first-order valence-corrected chi connectivity index (χ1v) is 4.93. The van der Waals surface area contributed by atoms with Gasteiger partial charge in [0, 0.05) is 11.6 Å². The zero-order chi connectivity index (χ0) is 13.3. The molecule has 6 heteroatoms. The normalized spacial score (nSPS) is 10.6. The summed E-state index contributed by atoms with van der Waals surface area (Å²) < 4.78 is 24.6. The van der Waals surface area contributed by atoms with Gasteiger partial charge in [0.25, 0.3) is 0 Å². The minimum atomic E-state index is -3.23. The summed E-state index contributed by atoms with van der Waals surface area (Å²) in [5, 5.41) is 8.88. The molecule has 1 aromatic carbocycles. The van der Waals surface area contributed by atoms with Crippen molar-refractivity contribution in [2.24, 2.45) is 0 Å². The number of carbonyl (C=O) groups excluding carboxylic acids is 1. The lowest BCUT2D eigenvalue weighted by Gasteiger charge is -2.03. The highest BCUT2D eigenvalue weighted by Crippen LogP contribution is 2.14. The van der Waals surface area contributed by atoms with Crippen molar-refractivity contribution < 1.29 is 13.6 Å². The van der Waals surface area contributed by atoms with Crippen molar-refractivity contribution in [3.05, 3.63) is 45.7 Å². The predicted octanol–water partition coefficient (Wildman–Crippen LogP) is 1.85. The number of rotatable bonds is 2. The van der Waals surface area contributed by atoms with Crippen molar-refractivity contribution >= 4 is 16.7 Å². The molecule has 1 aromatic heterocycles.